The molecule has 3 aromatic carbocycles. The molecule has 0 saturated carbocycles. The van der Waals surface area contributed by atoms with E-state index >= 15 is 0 Å². The molecule has 2 nitrogen and oxygen atoms in total. The van der Waals surface area contributed by atoms with Gasteiger partial charge >= 0.3 is 0 Å². The van der Waals surface area contributed by atoms with E-state index < -0.39 is 0 Å². The van der Waals surface area contributed by atoms with Gasteiger partial charge in [-0.25, -0.2) is 0 Å². The molecular formula is C21H15NO. The number of nitrogens with one attached hydrogen (secondary N) is 1. The highest BCUT2D eigenvalue weighted by Crippen LogP contribution is 2.32. The number of fused-ring (bicyclic) bond motifs is 1. The smallest absolute Gasteiger partial charge is 0.256 e. The Balaban J connectivity index is 1.68. The van der Waals surface area contributed by atoms with Crippen LogP contribution in [0, 0.1) is 0 Å². The van der Waals surface area contributed by atoms with Crippen LogP contribution in [0.25, 0.3) is 22.8 Å². The Morgan fingerprint density at radius 1 is 0.696 bits per heavy atom. The van der Waals surface area contributed by atoms with E-state index in [1.807, 2.05) is 60.7 Å². The Morgan fingerprint density at radius 2 is 1.35 bits per heavy atom. The molecule has 0 spiro atoms. The Hall–Kier alpha value is -3.13. The van der Waals surface area contributed by atoms with Crippen LogP contribution in [-0.2, 0) is 4.79 Å². The number of carbonyl (C=O) groups is 1. The first-order valence-electron chi connectivity index (χ1n) is 7.59. The van der Waals surface area contributed by atoms with Crippen molar-refractivity contribution in [2.24, 2.45) is 0 Å². The van der Waals surface area contributed by atoms with Crippen molar-refractivity contribution >= 4 is 23.2 Å². The lowest BCUT2D eigenvalue weighted by Crippen LogP contribution is -2.03. The average molecular weight is 297 g/mol. The van der Waals surface area contributed by atoms with Crippen LogP contribution in [0.1, 0.15) is 11.1 Å². The molecule has 0 atom stereocenters. The molecule has 3 aromatic rings. The first-order valence-corrected chi connectivity index (χ1v) is 7.59. The molecule has 1 aliphatic heterocycles. The Morgan fingerprint density at radius 3 is 2.13 bits per heavy atom. The second-order valence-electron chi connectivity index (χ2n) is 5.55. The molecule has 0 aliphatic carbocycles. The summed E-state index contributed by atoms with van der Waals surface area (Å²) >= 11 is 0. The van der Waals surface area contributed by atoms with Gasteiger partial charge in [0.2, 0.25) is 0 Å². The number of para-hydroxylation sites is 1. The first-order chi connectivity index (χ1) is 11.3. The van der Waals surface area contributed by atoms with Gasteiger partial charge in [0.15, 0.2) is 0 Å². The van der Waals surface area contributed by atoms with Crippen LogP contribution >= 0.6 is 0 Å². The van der Waals surface area contributed by atoms with Crippen LogP contribution in [0.4, 0.5) is 5.69 Å². The molecule has 2 heteroatoms. The minimum absolute atomic E-state index is 0.0432. The van der Waals surface area contributed by atoms with Gasteiger partial charge in [0.25, 0.3) is 5.91 Å². The number of carbonyl (C=O) groups excluding carboxylic acids is 1. The van der Waals surface area contributed by atoms with Crippen molar-refractivity contribution in [1.29, 1.82) is 0 Å². The number of hydrogen-bond donors (Lipinski definition) is 1. The van der Waals surface area contributed by atoms with Crippen LogP contribution in [0.2, 0.25) is 0 Å². The normalized spacial score (nSPS) is 14.6. The van der Waals surface area contributed by atoms with Crippen molar-refractivity contribution in [3.05, 3.63) is 90.0 Å². The van der Waals surface area contributed by atoms with Gasteiger partial charge in [-0.1, -0.05) is 72.8 Å². The van der Waals surface area contributed by atoms with Gasteiger partial charge in [-0.2, -0.15) is 0 Å². The van der Waals surface area contributed by atoms with Gasteiger partial charge in [-0.3, -0.25) is 4.79 Å². The van der Waals surface area contributed by atoms with E-state index in [9.17, 15) is 4.79 Å². The summed E-state index contributed by atoms with van der Waals surface area (Å²) in [6, 6.07) is 26.3. The second-order valence-corrected chi connectivity index (χ2v) is 5.55. The Kier molecular flexibility index (Phi) is 3.28. The zero-order valence-electron chi connectivity index (χ0n) is 12.5. The van der Waals surface area contributed by atoms with E-state index in [1.54, 1.807) is 0 Å². The largest absolute Gasteiger partial charge is 0.321 e. The van der Waals surface area contributed by atoms with Gasteiger partial charge in [-0.05, 0) is 28.8 Å². The number of hydrogen-bond acceptors (Lipinski definition) is 1. The van der Waals surface area contributed by atoms with Crippen LogP contribution < -0.4 is 5.32 Å². The van der Waals surface area contributed by atoms with Crippen molar-refractivity contribution in [3.8, 4) is 11.1 Å². The van der Waals surface area contributed by atoms with Crippen LogP contribution in [0.5, 0.6) is 0 Å². The van der Waals surface area contributed by atoms with Gasteiger partial charge < -0.3 is 5.32 Å². The summed E-state index contributed by atoms with van der Waals surface area (Å²) in [6.45, 7) is 0. The Labute approximate surface area is 135 Å². The van der Waals surface area contributed by atoms with Crippen LogP contribution in [0.3, 0.4) is 0 Å². The molecular weight excluding hydrogens is 282 g/mol. The molecule has 0 aromatic heterocycles. The summed E-state index contributed by atoms with van der Waals surface area (Å²) in [4.78, 5) is 12.1. The highest BCUT2D eigenvalue weighted by atomic mass is 16.2. The molecule has 0 unspecified atom stereocenters. The zero-order chi connectivity index (χ0) is 15.6. The van der Waals surface area contributed by atoms with Crippen molar-refractivity contribution in [3.63, 3.8) is 0 Å². The van der Waals surface area contributed by atoms with E-state index in [1.165, 1.54) is 11.1 Å². The lowest BCUT2D eigenvalue weighted by atomic mass is 10.0. The summed E-state index contributed by atoms with van der Waals surface area (Å²) in [5.41, 5.74) is 5.94. The molecule has 0 fully saturated rings. The van der Waals surface area contributed by atoms with Gasteiger partial charge in [0.05, 0.1) is 0 Å². The van der Waals surface area contributed by atoms with E-state index in [4.69, 9.17) is 0 Å². The summed E-state index contributed by atoms with van der Waals surface area (Å²) in [5.74, 6) is -0.0432. The SMILES string of the molecule is O=C1Nc2ccccc2/C1=C\c1ccc(-c2ccccc2)cc1. The molecule has 0 saturated heterocycles. The third kappa shape index (κ3) is 2.55. The first kappa shape index (κ1) is 13.5. The number of rotatable bonds is 2. The van der Waals surface area contributed by atoms with E-state index in [0.29, 0.717) is 5.57 Å². The average Bonchev–Trinajstić information content (AvgIpc) is 2.92. The van der Waals surface area contributed by atoms with Gasteiger partial charge in [0.1, 0.15) is 0 Å². The Bertz CT molecular complexity index is 893. The third-order valence-electron chi connectivity index (χ3n) is 4.04. The molecule has 1 aliphatic rings. The van der Waals surface area contributed by atoms with Gasteiger partial charge in [0, 0.05) is 16.8 Å². The van der Waals surface area contributed by atoms with Crippen molar-refractivity contribution in [2.45, 2.75) is 0 Å². The fourth-order valence-corrected chi connectivity index (χ4v) is 2.85. The molecule has 110 valence electrons. The fraction of sp³-hybridized carbons (Fsp3) is 0. The maximum absolute atomic E-state index is 12.1. The standard InChI is InChI=1S/C21H15NO/c23-21-19(18-8-4-5-9-20(18)22-21)14-15-10-12-17(13-11-15)16-6-2-1-3-7-16/h1-14H,(H,22,23)/b19-14+. The van der Waals surface area contributed by atoms with Gasteiger partial charge in [-0.15, -0.1) is 0 Å². The minimum atomic E-state index is -0.0432. The van der Waals surface area contributed by atoms with Crippen LogP contribution in [0.15, 0.2) is 78.9 Å². The van der Waals surface area contributed by atoms with Crippen molar-refractivity contribution < 1.29 is 4.79 Å². The fourth-order valence-electron chi connectivity index (χ4n) is 2.85. The molecule has 0 radical (unpaired) electrons. The summed E-state index contributed by atoms with van der Waals surface area (Å²) < 4.78 is 0. The lowest BCUT2D eigenvalue weighted by Gasteiger charge is -2.03. The minimum Gasteiger partial charge on any atom is -0.321 e. The summed E-state index contributed by atoms with van der Waals surface area (Å²) in [5, 5.41) is 2.90. The maximum Gasteiger partial charge on any atom is 0.256 e. The molecule has 1 heterocycles. The predicted octanol–water partition coefficient (Wildman–Crippen LogP) is 4.85. The van der Waals surface area contributed by atoms with Crippen LogP contribution in [-0.4, -0.2) is 5.91 Å². The zero-order valence-corrected chi connectivity index (χ0v) is 12.5. The van der Waals surface area contributed by atoms with E-state index in [0.717, 1.165) is 16.8 Å². The highest BCUT2D eigenvalue weighted by Gasteiger charge is 2.23. The van der Waals surface area contributed by atoms with E-state index in [-0.39, 0.29) is 5.91 Å². The number of anilines is 1. The molecule has 1 N–H and O–H groups in total. The highest BCUT2D eigenvalue weighted by molar-refractivity contribution is 6.34. The van der Waals surface area contributed by atoms with E-state index in [2.05, 4.69) is 29.6 Å². The lowest BCUT2D eigenvalue weighted by molar-refractivity contribution is -0.110. The number of benzene rings is 3. The quantitative estimate of drug-likeness (QED) is 0.673. The maximum atomic E-state index is 12.1. The van der Waals surface area contributed by atoms with Crippen molar-refractivity contribution in [1.82, 2.24) is 0 Å². The molecule has 0 bridgehead atoms. The topological polar surface area (TPSA) is 29.1 Å². The second kappa shape index (κ2) is 5.58. The summed E-state index contributed by atoms with van der Waals surface area (Å²) in [7, 11) is 0. The molecule has 4 rings (SSSR count). The molecule has 1 amide bonds. The third-order valence-corrected chi connectivity index (χ3v) is 4.04. The number of amides is 1. The predicted molar refractivity (Wildman–Crippen MR) is 94.8 cm³/mol. The monoisotopic (exact) mass is 297 g/mol. The van der Waals surface area contributed by atoms with Crippen molar-refractivity contribution in [2.75, 3.05) is 5.32 Å². The summed E-state index contributed by atoms with van der Waals surface area (Å²) in [6.07, 6.45) is 1.94. The molecule has 23 heavy (non-hydrogen) atoms.